The highest BCUT2D eigenvalue weighted by Gasteiger charge is 2.51. The molecule has 0 atom stereocenters. The molecule has 7 heteroatoms. The van der Waals surface area contributed by atoms with Crippen LogP contribution in [0.15, 0.2) is 0 Å². The molecule has 1 saturated carbocycles. The third kappa shape index (κ3) is 2.75. The lowest BCUT2D eigenvalue weighted by atomic mass is 9.82. The molecule has 3 fully saturated rings. The topological polar surface area (TPSA) is 69.7 Å². The number of urea groups is 1. The predicted molar refractivity (Wildman–Crippen MR) is 80.0 cm³/mol. The Morgan fingerprint density at radius 1 is 1.14 bits per heavy atom. The average Bonchev–Trinajstić information content (AvgIpc) is 2.73. The van der Waals surface area contributed by atoms with Gasteiger partial charge in [-0.05, 0) is 12.8 Å². The monoisotopic (exact) mass is 311 g/mol. The summed E-state index contributed by atoms with van der Waals surface area (Å²) in [5.41, 5.74) is -0.729. The van der Waals surface area contributed by atoms with Crippen molar-refractivity contribution in [2.24, 2.45) is 0 Å². The molecule has 1 aliphatic carbocycles. The Bertz CT molecular complexity index is 456. The second kappa shape index (κ2) is 5.87. The smallest absolute Gasteiger partial charge is 0.325 e. The minimum absolute atomic E-state index is 0.114. The lowest BCUT2D eigenvalue weighted by Crippen LogP contribution is -2.49. The summed E-state index contributed by atoms with van der Waals surface area (Å²) in [5.74, 6) is 1.53. The second-order valence-electron chi connectivity index (χ2n) is 5.96. The molecule has 2 saturated heterocycles. The molecule has 3 aliphatic rings. The first-order valence-corrected chi connectivity index (χ1v) is 8.77. The first kappa shape index (κ1) is 14.7. The fraction of sp³-hybridized carbons (Fsp3) is 0.786. The van der Waals surface area contributed by atoms with Gasteiger partial charge in [0.2, 0.25) is 5.91 Å². The molecule has 1 N–H and O–H groups in total. The number of hydrogen-bond acceptors (Lipinski definition) is 4. The molecule has 3 rings (SSSR count). The summed E-state index contributed by atoms with van der Waals surface area (Å²) in [6.45, 7) is 1.30. The zero-order valence-electron chi connectivity index (χ0n) is 12.1. The maximum atomic E-state index is 12.6. The number of thioether (sulfide) groups is 1. The lowest BCUT2D eigenvalue weighted by molar-refractivity contribution is -0.139. The van der Waals surface area contributed by atoms with Crippen molar-refractivity contribution in [2.75, 3.05) is 31.1 Å². The van der Waals surface area contributed by atoms with Crippen LogP contribution >= 0.6 is 11.8 Å². The van der Waals surface area contributed by atoms with Gasteiger partial charge in [-0.2, -0.15) is 11.8 Å². The lowest BCUT2D eigenvalue weighted by Gasteiger charge is -2.31. The zero-order chi connectivity index (χ0) is 14.9. The van der Waals surface area contributed by atoms with E-state index in [1.807, 2.05) is 11.8 Å². The molecule has 2 aliphatic heterocycles. The minimum Gasteiger partial charge on any atom is -0.339 e. The van der Waals surface area contributed by atoms with E-state index in [1.54, 1.807) is 4.90 Å². The summed E-state index contributed by atoms with van der Waals surface area (Å²) >= 11 is 1.82. The Morgan fingerprint density at radius 3 is 2.48 bits per heavy atom. The molecule has 0 bridgehead atoms. The molecule has 116 valence electrons. The van der Waals surface area contributed by atoms with Crippen molar-refractivity contribution >= 4 is 29.6 Å². The molecule has 21 heavy (non-hydrogen) atoms. The highest BCUT2D eigenvalue weighted by atomic mass is 32.2. The molecular weight excluding hydrogens is 290 g/mol. The minimum atomic E-state index is -0.729. The summed E-state index contributed by atoms with van der Waals surface area (Å²) in [4.78, 5) is 39.8. The molecule has 6 nitrogen and oxygen atoms in total. The van der Waals surface area contributed by atoms with Gasteiger partial charge in [-0.1, -0.05) is 19.3 Å². The SMILES string of the molecule is O=C(CN1C(=O)NC2(CCCCC2)C1=O)N1CCSCC1. The number of amides is 4. The summed E-state index contributed by atoms with van der Waals surface area (Å²) < 4.78 is 0. The number of carbonyl (C=O) groups excluding carboxylic acids is 3. The van der Waals surface area contributed by atoms with E-state index < -0.39 is 11.6 Å². The van der Waals surface area contributed by atoms with E-state index in [4.69, 9.17) is 0 Å². The Morgan fingerprint density at radius 2 is 1.81 bits per heavy atom. The average molecular weight is 311 g/mol. The number of nitrogens with one attached hydrogen (secondary N) is 1. The van der Waals surface area contributed by atoms with Gasteiger partial charge in [0.25, 0.3) is 5.91 Å². The van der Waals surface area contributed by atoms with Gasteiger partial charge in [0.15, 0.2) is 0 Å². The van der Waals surface area contributed by atoms with Crippen LogP contribution in [0.4, 0.5) is 4.79 Å². The summed E-state index contributed by atoms with van der Waals surface area (Å²) in [5, 5.41) is 2.84. The highest BCUT2D eigenvalue weighted by molar-refractivity contribution is 7.99. The van der Waals surface area contributed by atoms with Crippen LogP contribution in [0.1, 0.15) is 32.1 Å². The van der Waals surface area contributed by atoms with Crippen LogP contribution in [0.2, 0.25) is 0 Å². The van der Waals surface area contributed by atoms with E-state index >= 15 is 0 Å². The molecule has 2 heterocycles. The van der Waals surface area contributed by atoms with Crippen LogP contribution in [0.3, 0.4) is 0 Å². The van der Waals surface area contributed by atoms with Crippen LogP contribution in [0.5, 0.6) is 0 Å². The normalized spacial score (nSPS) is 25.3. The van der Waals surface area contributed by atoms with Crippen LogP contribution in [-0.4, -0.2) is 64.3 Å². The van der Waals surface area contributed by atoms with Gasteiger partial charge in [-0.3, -0.25) is 14.5 Å². The largest absolute Gasteiger partial charge is 0.339 e. The van der Waals surface area contributed by atoms with Crippen LogP contribution in [-0.2, 0) is 9.59 Å². The molecular formula is C14H21N3O3S. The van der Waals surface area contributed by atoms with Gasteiger partial charge in [0.1, 0.15) is 12.1 Å². The van der Waals surface area contributed by atoms with E-state index in [1.165, 1.54) is 0 Å². The predicted octanol–water partition coefficient (Wildman–Crippen LogP) is 0.817. The zero-order valence-corrected chi connectivity index (χ0v) is 12.9. The standard InChI is InChI=1S/C14H21N3O3S/c18-11(16-6-8-21-9-7-16)10-17-12(19)14(15-13(17)20)4-2-1-3-5-14/h1-10H2,(H,15,20). The molecule has 0 aromatic heterocycles. The van der Waals surface area contributed by atoms with E-state index in [2.05, 4.69) is 5.32 Å². The fourth-order valence-electron chi connectivity index (χ4n) is 3.36. The van der Waals surface area contributed by atoms with Gasteiger partial charge < -0.3 is 10.2 Å². The van der Waals surface area contributed by atoms with Crippen molar-refractivity contribution in [3.63, 3.8) is 0 Å². The fourth-order valence-corrected chi connectivity index (χ4v) is 4.27. The van der Waals surface area contributed by atoms with Crippen LogP contribution in [0, 0.1) is 0 Å². The van der Waals surface area contributed by atoms with Gasteiger partial charge >= 0.3 is 6.03 Å². The van der Waals surface area contributed by atoms with Crippen molar-refractivity contribution in [1.29, 1.82) is 0 Å². The number of carbonyl (C=O) groups is 3. The molecule has 0 radical (unpaired) electrons. The van der Waals surface area contributed by atoms with Gasteiger partial charge in [0, 0.05) is 24.6 Å². The first-order chi connectivity index (χ1) is 10.1. The number of nitrogens with zero attached hydrogens (tertiary/aromatic N) is 2. The Hall–Kier alpha value is -1.24. The van der Waals surface area contributed by atoms with Gasteiger partial charge in [0.05, 0.1) is 0 Å². The van der Waals surface area contributed by atoms with E-state index in [9.17, 15) is 14.4 Å². The first-order valence-electron chi connectivity index (χ1n) is 7.62. The maximum Gasteiger partial charge on any atom is 0.325 e. The number of imide groups is 1. The van der Waals surface area contributed by atoms with Crippen molar-refractivity contribution in [1.82, 2.24) is 15.1 Å². The Labute approximate surface area is 128 Å². The van der Waals surface area contributed by atoms with E-state index in [-0.39, 0.29) is 18.4 Å². The molecule has 1 spiro atoms. The van der Waals surface area contributed by atoms with Crippen molar-refractivity contribution < 1.29 is 14.4 Å². The summed E-state index contributed by atoms with van der Waals surface area (Å²) in [6, 6.07) is -0.401. The van der Waals surface area contributed by atoms with Crippen LogP contribution in [0.25, 0.3) is 0 Å². The molecule has 0 unspecified atom stereocenters. The third-order valence-corrected chi connectivity index (χ3v) is 5.55. The number of hydrogen-bond donors (Lipinski definition) is 1. The van der Waals surface area contributed by atoms with Crippen molar-refractivity contribution in [2.45, 2.75) is 37.6 Å². The van der Waals surface area contributed by atoms with Gasteiger partial charge in [-0.15, -0.1) is 0 Å². The van der Waals surface area contributed by atoms with E-state index in [0.29, 0.717) is 25.9 Å². The van der Waals surface area contributed by atoms with E-state index in [0.717, 1.165) is 35.7 Å². The van der Waals surface area contributed by atoms with Crippen molar-refractivity contribution in [3.8, 4) is 0 Å². The second-order valence-corrected chi connectivity index (χ2v) is 7.18. The summed E-state index contributed by atoms with van der Waals surface area (Å²) in [7, 11) is 0. The number of rotatable bonds is 2. The van der Waals surface area contributed by atoms with Gasteiger partial charge in [-0.25, -0.2) is 4.79 Å². The quantitative estimate of drug-likeness (QED) is 0.767. The maximum absolute atomic E-state index is 12.6. The van der Waals surface area contributed by atoms with Crippen LogP contribution < -0.4 is 5.32 Å². The molecule has 4 amide bonds. The third-order valence-electron chi connectivity index (χ3n) is 4.61. The highest BCUT2D eigenvalue weighted by Crippen LogP contribution is 2.33. The molecule has 0 aromatic carbocycles. The van der Waals surface area contributed by atoms with Crippen molar-refractivity contribution in [3.05, 3.63) is 0 Å². The molecule has 0 aromatic rings. The Balaban J connectivity index is 1.66. The Kier molecular flexibility index (Phi) is 4.10. The summed E-state index contributed by atoms with van der Waals surface area (Å²) in [6.07, 6.45) is 4.41.